The number of carbonyl (C=O) groups is 1. The Bertz CT molecular complexity index is 517. The van der Waals surface area contributed by atoms with Gasteiger partial charge in [0.15, 0.2) is 0 Å². The number of aryl methyl sites for hydroxylation is 1. The van der Waals surface area contributed by atoms with Gasteiger partial charge in [0.05, 0.1) is 6.54 Å². The van der Waals surface area contributed by atoms with Gasteiger partial charge in [0.25, 0.3) is 5.56 Å². The number of primary amides is 1. The fraction of sp³-hybridized carbons (Fsp3) is 0.500. The van der Waals surface area contributed by atoms with Gasteiger partial charge in [-0.25, -0.2) is 4.79 Å². The Labute approximate surface area is 97.6 Å². The monoisotopic (exact) mass is 240 g/mol. The standard InChI is InChI=1S/C10H16N4O3/c1-2-4-13-5-3-8(15)14(10(13)17)6-7(11)9(12)16/h3,5,7H,2,4,6,11H2,1H3,(H2,12,16). The topological polar surface area (TPSA) is 113 Å². The van der Waals surface area contributed by atoms with E-state index < -0.39 is 23.2 Å². The van der Waals surface area contributed by atoms with E-state index >= 15 is 0 Å². The minimum atomic E-state index is -1.04. The third kappa shape index (κ3) is 3.04. The Morgan fingerprint density at radius 2 is 2.12 bits per heavy atom. The van der Waals surface area contributed by atoms with Crippen LogP contribution >= 0.6 is 0 Å². The largest absolute Gasteiger partial charge is 0.368 e. The lowest BCUT2D eigenvalue weighted by molar-refractivity contribution is -0.119. The van der Waals surface area contributed by atoms with Crippen LogP contribution < -0.4 is 22.7 Å². The van der Waals surface area contributed by atoms with Crippen LogP contribution in [0.1, 0.15) is 13.3 Å². The highest BCUT2D eigenvalue weighted by atomic mass is 16.2. The van der Waals surface area contributed by atoms with Crippen molar-refractivity contribution in [2.45, 2.75) is 32.5 Å². The second kappa shape index (κ2) is 5.44. The number of aromatic nitrogens is 2. The summed E-state index contributed by atoms with van der Waals surface area (Å²) in [6.07, 6.45) is 2.19. The van der Waals surface area contributed by atoms with Crippen molar-refractivity contribution < 1.29 is 4.79 Å². The molecule has 0 fully saturated rings. The summed E-state index contributed by atoms with van der Waals surface area (Å²) in [7, 11) is 0. The number of hydrogen-bond acceptors (Lipinski definition) is 4. The molecule has 0 aromatic carbocycles. The number of rotatable bonds is 5. The Morgan fingerprint density at radius 3 is 2.65 bits per heavy atom. The predicted molar refractivity (Wildman–Crippen MR) is 62.4 cm³/mol. The minimum Gasteiger partial charge on any atom is -0.368 e. The van der Waals surface area contributed by atoms with Gasteiger partial charge in [-0.3, -0.25) is 14.2 Å². The van der Waals surface area contributed by atoms with E-state index in [1.54, 1.807) is 0 Å². The third-order valence-electron chi connectivity index (χ3n) is 2.35. The molecule has 0 aliphatic rings. The predicted octanol–water partition coefficient (Wildman–Crippen LogP) is -1.77. The quantitative estimate of drug-likeness (QED) is 0.634. The number of nitrogens with zero attached hydrogens (tertiary/aromatic N) is 2. The van der Waals surface area contributed by atoms with Crippen LogP contribution in [-0.2, 0) is 17.9 Å². The highest BCUT2D eigenvalue weighted by Gasteiger charge is 2.13. The molecule has 0 aliphatic heterocycles. The zero-order chi connectivity index (χ0) is 13.0. The molecule has 94 valence electrons. The molecule has 0 saturated carbocycles. The van der Waals surface area contributed by atoms with E-state index in [1.807, 2.05) is 6.92 Å². The molecular weight excluding hydrogens is 224 g/mol. The molecular formula is C10H16N4O3. The van der Waals surface area contributed by atoms with E-state index in [4.69, 9.17) is 11.5 Å². The van der Waals surface area contributed by atoms with Crippen molar-refractivity contribution in [1.82, 2.24) is 9.13 Å². The summed E-state index contributed by atoms with van der Waals surface area (Å²) < 4.78 is 2.32. The summed E-state index contributed by atoms with van der Waals surface area (Å²) >= 11 is 0. The number of amides is 1. The zero-order valence-electron chi connectivity index (χ0n) is 9.63. The Balaban J connectivity index is 3.14. The van der Waals surface area contributed by atoms with Gasteiger partial charge >= 0.3 is 5.69 Å². The molecule has 1 unspecified atom stereocenters. The fourth-order valence-electron chi connectivity index (χ4n) is 1.42. The van der Waals surface area contributed by atoms with Gasteiger partial charge in [0.1, 0.15) is 6.04 Å². The van der Waals surface area contributed by atoms with Crippen LogP contribution in [0, 0.1) is 0 Å². The molecule has 0 radical (unpaired) electrons. The molecule has 1 atom stereocenters. The molecule has 4 N–H and O–H groups in total. The van der Waals surface area contributed by atoms with Gasteiger partial charge in [-0.05, 0) is 6.42 Å². The Hall–Kier alpha value is -1.89. The molecule has 7 heteroatoms. The van der Waals surface area contributed by atoms with E-state index in [-0.39, 0.29) is 6.54 Å². The first-order valence-electron chi connectivity index (χ1n) is 5.32. The van der Waals surface area contributed by atoms with E-state index in [9.17, 15) is 14.4 Å². The summed E-state index contributed by atoms with van der Waals surface area (Å²) in [4.78, 5) is 34.2. The number of carbonyl (C=O) groups excluding carboxylic acids is 1. The summed E-state index contributed by atoms with van der Waals surface area (Å²) in [6, 6.07) is 0.225. The average molecular weight is 240 g/mol. The Morgan fingerprint density at radius 1 is 1.47 bits per heavy atom. The van der Waals surface area contributed by atoms with Crippen molar-refractivity contribution in [2.75, 3.05) is 0 Å². The molecule has 1 amide bonds. The molecule has 0 spiro atoms. The van der Waals surface area contributed by atoms with Gasteiger partial charge in [-0.2, -0.15) is 0 Å². The smallest absolute Gasteiger partial charge is 0.331 e. The van der Waals surface area contributed by atoms with E-state index in [1.165, 1.54) is 16.8 Å². The fourth-order valence-corrected chi connectivity index (χ4v) is 1.42. The molecule has 0 saturated heterocycles. The Kier molecular flexibility index (Phi) is 4.22. The lowest BCUT2D eigenvalue weighted by Crippen LogP contribution is -2.47. The molecule has 17 heavy (non-hydrogen) atoms. The maximum atomic E-state index is 11.9. The molecule has 1 aromatic rings. The van der Waals surface area contributed by atoms with Crippen molar-refractivity contribution in [3.63, 3.8) is 0 Å². The van der Waals surface area contributed by atoms with E-state index in [2.05, 4.69) is 0 Å². The maximum Gasteiger partial charge on any atom is 0.331 e. The second-order valence-corrected chi connectivity index (χ2v) is 3.75. The van der Waals surface area contributed by atoms with Gasteiger partial charge in [-0.1, -0.05) is 6.92 Å². The summed E-state index contributed by atoms with van der Waals surface area (Å²) in [6.45, 7) is 2.22. The van der Waals surface area contributed by atoms with Crippen LogP contribution in [0.15, 0.2) is 21.9 Å². The number of hydrogen-bond donors (Lipinski definition) is 2. The van der Waals surface area contributed by atoms with Gasteiger partial charge in [0, 0.05) is 18.8 Å². The zero-order valence-corrected chi connectivity index (χ0v) is 9.63. The SMILES string of the molecule is CCCn1ccc(=O)n(CC(N)C(N)=O)c1=O. The van der Waals surface area contributed by atoms with Gasteiger partial charge in [0.2, 0.25) is 5.91 Å². The van der Waals surface area contributed by atoms with Crippen LogP contribution in [0.4, 0.5) is 0 Å². The van der Waals surface area contributed by atoms with Crippen LogP contribution in [0.2, 0.25) is 0 Å². The second-order valence-electron chi connectivity index (χ2n) is 3.75. The van der Waals surface area contributed by atoms with Crippen LogP contribution in [-0.4, -0.2) is 21.1 Å². The average Bonchev–Trinajstić information content (AvgIpc) is 2.28. The summed E-state index contributed by atoms with van der Waals surface area (Å²) in [5.41, 5.74) is 9.46. The highest BCUT2D eigenvalue weighted by Crippen LogP contribution is 1.86. The van der Waals surface area contributed by atoms with Crippen LogP contribution in [0.25, 0.3) is 0 Å². The molecule has 1 aromatic heterocycles. The summed E-state index contributed by atoms with van der Waals surface area (Å²) in [5.74, 6) is -0.748. The molecule has 7 nitrogen and oxygen atoms in total. The van der Waals surface area contributed by atoms with Crippen LogP contribution in [0.5, 0.6) is 0 Å². The molecule has 0 bridgehead atoms. The van der Waals surface area contributed by atoms with Crippen molar-refractivity contribution in [2.24, 2.45) is 11.5 Å². The number of nitrogens with two attached hydrogens (primary N) is 2. The molecule has 1 rings (SSSR count). The lowest BCUT2D eigenvalue weighted by atomic mass is 10.3. The third-order valence-corrected chi connectivity index (χ3v) is 2.35. The van der Waals surface area contributed by atoms with Crippen molar-refractivity contribution in [3.8, 4) is 0 Å². The molecule has 0 aliphatic carbocycles. The lowest BCUT2D eigenvalue weighted by Gasteiger charge is -2.11. The van der Waals surface area contributed by atoms with Crippen molar-refractivity contribution in [1.29, 1.82) is 0 Å². The van der Waals surface area contributed by atoms with Gasteiger partial charge in [-0.15, -0.1) is 0 Å². The van der Waals surface area contributed by atoms with E-state index in [0.717, 1.165) is 11.0 Å². The first kappa shape index (κ1) is 13.2. The summed E-state index contributed by atoms with van der Waals surface area (Å²) in [5, 5.41) is 0. The van der Waals surface area contributed by atoms with Crippen LogP contribution in [0.3, 0.4) is 0 Å². The first-order chi connectivity index (χ1) is 7.97. The van der Waals surface area contributed by atoms with E-state index in [0.29, 0.717) is 6.54 Å². The van der Waals surface area contributed by atoms with Crippen molar-refractivity contribution >= 4 is 5.91 Å². The first-order valence-corrected chi connectivity index (χ1v) is 5.32. The highest BCUT2D eigenvalue weighted by molar-refractivity contribution is 5.79. The van der Waals surface area contributed by atoms with Gasteiger partial charge < -0.3 is 16.0 Å². The maximum absolute atomic E-state index is 11.9. The normalized spacial score (nSPS) is 12.4. The molecule has 1 heterocycles. The van der Waals surface area contributed by atoms with Crippen molar-refractivity contribution in [3.05, 3.63) is 33.1 Å². The minimum absolute atomic E-state index is 0.197.